The third kappa shape index (κ3) is 2.45. The van der Waals surface area contributed by atoms with Crippen LogP contribution in [0.4, 0.5) is 0 Å². The molecular formula is C14H23BN2O2. The average Bonchev–Trinajstić information content (AvgIpc) is 2.51. The van der Waals surface area contributed by atoms with Gasteiger partial charge in [0.05, 0.1) is 16.8 Å². The SMILES string of the molecule is CC1C=CC=CN1/C(=C\N)B1OC(C)(C)C(C)(C)O1. The number of hydrogen-bond donors (Lipinski definition) is 1. The lowest BCUT2D eigenvalue weighted by atomic mass is 9.83. The quantitative estimate of drug-likeness (QED) is 0.775. The zero-order valence-corrected chi connectivity index (χ0v) is 12.4. The third-order valence-corrected chi connectivity index (χ3v) is 4.15. The van der Waals surface area contributed by atoms with E-state index in [2.05, 4.69) is 17.9 Å². The van der Waals surface area contributed by atoms with Crippen LogP contribution in [-0.4, -0.2) is 29.3 Å². The van der Waals surface area contributed by atoms with Crippen LogP contribution >= 0.6 is 0 Å². The largest absolute Gasteiger partial charge is 0.513 e. The van der Waals surface area contributed by atoms with Gasteiger partial charge in [0.25, 0.3) is 0 Å². The second-order valence-electron chi connectivity index (χ2n) is 6.05. The van der Waals surface area contributed by atoms with Crippen molar-refractivity contribution < 1.29 is 9.31 Å². The molecule has 0 aromatic rings. The molecule has 0 spiro atoms. The molecule has 2 aliphatic heterocycles. The molecular weight excluding hydrogens is 239 g/mol. The van der Waals surface area contributed by atoms with E-state index in [9.17, 15) is 0 Å². The van der Waals surface area contributed by atoms with E-state index in [0.717, 1.165) is 5.60 Å². The minimum atomic E-state index is -0.436. The summed E-state index contributed by atoms with van der Waals surface area (Å²) < 4.78 is 12.1. The highest BCUT2D eigenvalue weighted by molar-refractivity contribution is 6.54. The van der Waals surface area contributed by atoms with E-state index < -0.39 is 7.12 Å². The average molecular weight is 262 g/mol. The van der Waals surface area contributed by atoms with E-state index in [-0.39, 0.29) is 17.2 Å². The van der Waals surface area contributed by atoms with Crippen molar-refractivity contribution in [3.05, 3.63) is 36.2 Å². The van der Waals surface area contributed by atoms with Crippen molar-refractivity contribution in [1.29, 1.82) is 0 Å². The van der Waals surface area contributed by atoms with Crippen molar-refractivity contribution >= 4 is 7.12 Å². The first-order valence-electron chi connectivity index (χ1n) is 6.69. The third-order valence-electron chi connectivity index (χ3n) is 4.15. The van der Waals surface area contributed by atoms with Crippen LogP contribution in [0, 0.1) is 0 Å². The van der Waals surface area contributed by atoms with Gasteiger partial charge < -0.3 is 19.9 Å². The molecule has 0 aromatic heterocycles. The minimum absolute atomic E-state index is 0.235. The number of nitrogens with zero attached hydrogens (tertiary/aromatic N) is 1. The number of allylic oxidation sites excluding steroid dienone is 2. The molecule has 0 saturated carbocycles. The Kier molecular flexibility index (Phi) is 3.54. The summed E-state index contributed by atoms with van der Waals surface area (Å²) >= 11 is 0. The van der Waals surface area contributed by atoms with E-state index >= 15 is 0 Å². The van der Waals surface area contributed by atoms with Gasteiger partial charge in [-0.1, -0.05) is 12.2 Å². The van der Waals surface area contributed by atoms with Crippen molar-refractivity contribution in [2.24, 2.45) is 5.73 Å². The summed E-state index contributed by atoms with van der Waals surface area (Å²) in [6, 6.07) is 0.235. The van der Waals surface area contributed by atoms with Crippen molar-refractivity contribution in [3.8, 4) is 0 Å². The van der Waals surface area contributed by atoms with Gasteiger partial charge in [-0.15, -0.1) is 0 Å². The lowest BCUT2D eigenvalue weighted by Crippen LogP contribution is -2.41. The highest BCUT2D eigenvalue weighted by Gasteiger charge is 2.53. The maximum Gasteiger partial charge on any atom is 0.513 e. The molecule has 2 rings (SSSR count). The van der Waals surface area contributed by atoms with Crippen molar-refractivity contribution in [3.63, 3.8) is 0 Å². The lowest BCUT2D eigenvalue weighted by Gasteiger charge is -2.32. The normalized spacial score (nSPS) is 29.1. The summed E-state index contributed by atoms with van der Waals surface area (Å²) in [5.74, 6) is 0. The zero-order valence-electron chi connectivity index (χ0n) is 12.4. The van der Waals surface area contributed by atoms with Gasteiger partial charge in [0.2, 0.25) is 0 Å². The summed E-state index contributed by atoms with van der Waals surface area (Å²) in [6.45, 7) is 10.3. The minimum Gasteiger partial charge on any atom is -0.404 e. The summed E-state index contributed by atoms with van der Waals surface area (Å²) in [7, 11) is -0.436. The van der Waals surface area contributed by atoms with Gasteiger partial charge in [0.1, 0.15) is 0 Å². The fourth-order valence-corrected chi connectivity index (χ4v) is 2.17. The Morgan fingerprint density at radius 1 is 1.21 bits per heavy atom. The van der Waals surface area contributed by atoms with Gasteiger partial charge in [0, 0.05) is 18.4 Å². The fraction of sp³-hybridized carbons (Fsp3) is 0.571. The molecule has 1 saturated heterocycles. The van der Waals surface area contributed by atoms with Crippen LogP contribution in [0.5, 0.6) is 0 Å². The second kappa shape index (κ2) is 4.73. The van der Waals surface area contributed by atoms with Gasteiger partial charge >= 0.3 is 7.12 Å². The van der Waals surface area contributed by atoms with Crippen molar-refractivity contribution in [2.45, 2.75) is 51.9 Å². The second-order valence-corrected chi connectivity index (χ2v) is 6.05. The molecule has 0 bridgehead atoms. The fourth-order valence-electron chi connectivity index (χ4n) is 2.17. The van der Waals surface area contributed by atoms with Crippen LogP contribution in [-0.2, 0) is 9.31 Å². The molecule has 104 valence electrons. The lowest BCUT2D eigenvalue weighted by molar-refractivity contribution is 0.00578. The Hall–Kier alpha value is -1.20. The summed E-state index contributed by atoms with van der Waals surface area (Å²) in [5.41, 5.74) is 5.93. The topological polar surface area (TPSA) is 47.7 Å². The van der Waals surface area contributed by atoms with Crippen LogP contribution < -0.4 is 5.73 Å². The molecule has 2 heterocycles. The van der Waals surface area contributed by atoms with Crippen LogP contribution in [0.2, 0.25) is 0 Å². The van der Waals surface area contributed by atoms with E-state index in [1.165, 1.54) is 0 Å². The molecule has 19 heavy (non-hydrogen) atoms. The molecule has 0 radical (unpaired) electrons. The molecule has 5 heteroatoms. The van der Waals surface area contributed by atoms with E-state index in [4.69, 9.17) is 15.0 Å². The first-order chi connectivity index (χ1) is 8.78. The van der Waals surface area contributed by atoms with Crippen LogP contribution in [0.15, 0.2) is 36.2 Å². The first-order valence-corrected chi connectivity index (χ1v) is 6.69. The Morgan fingerprint density at radius 3 is 2.26 bits per heavy atom. The summed E-state index contributed by atoms with van der Waals surface area (Å²) in [5, 5.41) is 0. The molecule has 1 atom stereocenters. The number of hydrogen-bond acceptors (Lipinski definition) is 4. The maximum atomic E-state index is 6.05. The maximum absolute atomic E-state index is 6.05. The van der Waals surface area contributed by atoms with Gasteiger partial charge in [0.15, 0.2) is 0 Å². The molecule has 0 amide bonds. The predicted molar refractivity (Wildman–Crippen MR) is 77.9 cm³/mol. The first kappa shape index (κ1) is 14.2. The van der Waals surface area contributed by atoms with Gasteiger partial charge in [-0.2, -0.15) is 0 Å². The Bertz CT molecular complexity index is 425. The number of rotatable bonds is 2. The van der Waals surface area contributed by atoms with Gasteiger partial charge in [-0.25, -0.2) is 0 Å². The highest BCUT2D eigenvalue weighted by Crippen LogP contribution is 2.39. The molecule has 0 aliphatic carbocycles. The van der Waals surface area contributed by atoms with Crippen molar-refractivity contribution in [2.75, 3.05) is 0 Å². The van der Waals surface area contributed by atoms with Crippen molar-refractivity contribution in [1.82, 2.24) is 4.90 Å². The Morgan fingerprint density at radius 2 is 1.79 bits per heavy atom. The van der Waals surface area contributed by atoms with Gasteiger partial charge in [-0.3, -0.25) is 0 Å². The zero-order chi connectivity index (χ0) is 14.3. The highest BCUT2D eigenvalue weighted by atomic mass is 16.7. The Labute approximate surface area is 116 Å². The van der Waals surface area contributed by atoms with E-state index in [0.29, 0.717) is 0 Å². The number of nitrogens with two attached hydrogens (primary N) is 1. The van der Waals surface area contributed by atoms with E-state index in [1.807, 2.05) is 46.0 Å². The van der Waals surface area contributed by atoms with E-state index in [1.54, 1.807) is 6.20 Å². The van der Waals surface area contributed by atoms with Crippen LogP contribution in [0.3, 0.4) is 0 Å². The molecule has 2 aliphatic rings. The van der Waals surface area contributed by atoms with Crippen LogP contribution in [0.25, 0.3) is 0 Å². The molecule has 4 nitrogen and oxygen atoms in total. The van der Waals surface area contributed by atoms with Gasteiger partial charge in [-0.05, 0) is 40.7 Å². The molecule has 1 fully saturated rings. The molecule has 0 aromatic carbocycles. The Balaban J connectivity index is 2.22. The summed E-state index contributed by atoms with van der Waals surface area (Å²) in [6.07, 6.45) is 9.68. The molecule has 1 unspecified atom stereocenters. The monoisotopic (exact) mass is 262 g/mol. The standard InChI is InChI=1S/C14H23BN2O2/c1-11-8-6-7-9-17(11)12(10-16)15-18-13(2,3)14(4,5)19-15/h6-11H,16H2,1-5H3/b12-10-. The van der Waals surface area contributed by atoms with Crippen LogP contribution in [0.1, 0.15) is 34.6 Å². The smallest absolute Gasteiger partial charge is 0.404 e. The molecule has 2 N–H and O–H groups in total. The summed E-state index contributed by atoms with van der Waals surface area (Å²) in [4.78, 5) is 2.07. The predicted octanol–water partition coefficient (Wildman–Crippen LogP) is 2.19.